The third-order valence-electron chi connectivity index (χ3n) is 3.37. The van der Waals surface area contributed by atoms with Crippen LogP contribution in [0.1, 0.15) is 11.1 Å². The molecule has 0 fully saturated rings. The monoisotopic (exact) mass is 343 g/mol. The number of ether oxygens (including phenoxy) is 2. The van der Waals surface area contributed by atoms with Gasteiger partial charge in [0.05, 0.1) is 20.0 Å². The zero-order chi connectivity index (χ0) is 17.6. The van der Waals surface area contributed by atoms with Crippen LogP contribution in [0.5, 0.6) is 11.5 Å². The molecule has 0 aromatic heterocycles. The molecule has 0 saturated heterocycles. The van der Waals surface area contributed by atoms with Crippen molar-refractivity contribution in [1.29, 1.82) is 5.26 Å². The van der Waals surface area contributed by atoms with Gasteiger partial charge in [-0.3, -0.25) is 0 Å². The lowest BCUT2D eigenvalue weighted by molar-refractivity contribution is 0.402. The molecule has 0 aliphatic rings. The Labute approximate surface area is 141 Å². The molecular weight excluding hydrogens is 326 g/mol. The van der Waals surface area contributed by atoms with Gasteiger partial charge in [-0.25, -0.2) is 8.42 Å². The van der Waals surface area contributed by atoms with Crippen LogP contribution in [0.4, 0.5) is 0 Å². The molecule has 0 amide bonds. The zero-order valence-electron chi connectivity index (χ0n) is 13.4. The fraction of sp³-hybridized carbons (Fsp3) is 0.167. The zero-order valence-corrected chi connectivity index (χ0v) is 14.2. The lowest BCUT2D eigenvalue weighted by atomic mass is 10.1. The average molecular weight is 343 g/mol. The second kappa shape index (κ2) is 7.66. The van der Waals surface area contributed by atoms with E-state index in [1.807, 2.05) is 0 Å². The van der Waals surface area contributed by atoms with E-state index in [4.69, 9.17) is 9.47 Å². The van der Waals surface area contributed by atoms with Crippen LogP contribution in [0.3, 0.4) is 0 Å². The van der Waals surface area contributed by atoms with Gasteiger partial charge in [0.1, 0.15) is 22.5 Å². The van der Waals surface area contributed by atoms with Crippen molar-refractivity contribution in [3.05, 3.63) is 64.6 Å². The SMILES string of the molecule is COc1ccc(OC)c(/C=C(\C#N)S(=O)(=O)Cc2ccccc2)c1. The molecule has 0 unspecified atom stereocenters. The molecule has 0 aliphatic heterocycles. The number of sulfone groups is 1. The first kappa shape index (κ1) is 17.6. The van der Waals surface area contributed by atoms with Gasteiger partial charge >= 0.3 is 0 Å². The highest BCUT2D eigenvalue weighted by molar-refractivity contribution is 7.95. The molecule has 124 valence electrons. The molecule has 6 heteroatoms. The summed E-state index contributed by atoms with van der Waals surface area (Å²) in [5, 5.41) is 9.32. The molecule has 0 bridgehead atoms. The van der Waals surface area contributed by atoms with Crippen molar-refractivity contribution in [2.45, 2.75) is 5.75 Å². The van der Waals surface area contributed by atoms with Gasteiger partial charge < -0.3 is 9.47 Å². The van der Waals surface area contributed by atoms with Crippen molar-refractivity contribution in [3.63, 3.8) is 0 Å². The van der Waals surface area contributed by atoms with E-state index >= 15 is 0 Å². The van der Waals surface area contributed by atoms with Crippen LogP contribution in [0.15, 0.2) is 53.4 Å². The van der Waals surface area contributed by atoms with E-state index in [2.05, 4.69) is 0 Å². The standard InChI is InChI=1S/C18H17NO4S/c1-22-16-8-9-18(23-2)15(10-16)11-17(12-19)24(20,21)13-14-6-4-3-5-7-14/h3-11H,13H2,1-2H3/b17-11+. The lowest BCUT2D eigenvalue weighted by Gasteiger charge is -2.08. The van der Waals surface area contributed by atoms with Crippen LogP contribution in [0.2, 0.25) is 0 Å². The van der Waals surface area contributed by atoms with E-state index in [-0.39, 0.29) is 10.7 Å². The van der Waals surface area contributed by atoms with Crippen LogP contribution < -0.4 is 9.47 Å². The van der Waals surface area contributed by atoms with E-state index in [1.165, 1.54) is 20.3 Å². The third kappa shape index (κ3) is 4.15. The maximum Gasteiger partial charge on any atom is 0.192 e. The fourth-order valence-corrected chi connectivity index (χ4v) is 3.39. The molecule has 0 aliphatic carbocycles. The van der Waals surface area contributed by atoms with E-state index in [0.717, 1.165) is 0 Å². The number of hydrogen-bond donors (Lipinski definition) is 0. The maximum atomic E-state index is 12.5. The summed E-state index contributed by atoms with van der Waals surface area (Å²) in [5.74, 6) is 0.762. The molecular formula is C18H17NO4S. The maximum absolute atomic E-state index is 12.5. The molecule has 0 heterocycles. The largest absolute Gasteiger partial charge is 0.497 e. The molecule has 0 saturated carbocycles. The summed E-state index contributed by atoms with van der Waals surface area (Å²) in [6.45, 7) is 0. The number of rotatable bonds is 6. The molecule has 0 atom stereocenters. The molecule has 0 spiro atoms. The highest BCUT2D eigenvalue weighted by atomic mass is 32.2. The average Bonchev–Trinajstić information content (AvgIpc) is 2.59. The van der Waals surface area contributed by atoms with Gasteiger partial charge in [0.15, 0.2) is 9.84 Å². The Morgan fingerprint density at radius 1 is 1.12 bits per heavy atom. The highest BCUT2D eigenvalue weighted by Gasteiger charge is 2.19. The number of nitrogens with zero attached hydrogens (tertiary/aromatic N) is 1. The van der Waals surface area contributed by atoms with Gasteiger partial charge in [0.25, 0.3) is 0 Å². The van der Waals surface area contributed by atoms with Crippen LogP contribution in [-0.2, 0) is 15.6 Å². The lowest BCUT2D eigenvalue weighted by Crippen LogP contribution is -2.06. The van der Waals surface area contributed by atoms with Crippen molar-refractivity contribution in [1.82, 2.24) is 0 Å². The summed E-state index contributed by atoms with van der Waals surface area (Å²) in [6, 6.07) is 15.5. The predicted molar refractivity (Wildman–Crippen MR) is 92.2 cm³/mol. The third-order valence-corrected chi connectivity index (χ3v) is 4.96. The van der Waals surface area contributed by atoms with Gasteiger partial charge in [-0.2, -0.15) is 5.26 Å². The second-order valence-corrected chi connectivity index (χ2v) is 6.93. The van der Waals surface area contributed by atoms with Crippen molar-refractivity contribution in [3.8, 4) is 17.6 Å². The number of nitriles is 1. The fourth-order valence-electron chi connectivity index (χ4n) is 2.16. The Morgan fingerprint density at radius 3 is 2.42 bits per heavy atom. The smallest absolute Gasteiger partial charge is 0.192 e. The highest BCUT2D eigenvalue weighted by Crippen LogP contribution is 2.27. The summed E-state index contributed by atoms with van der Waals surface area (Å²) < 4.78 is 35.4. The first-order valence-corrected chi connectivity index (χ1v) is 8.76. The first-order valence-electron chi connectivity index (χ1n) is 7.10. The van der Waals surface area contributed by atoms with Crippen molar-refractivity contribution in [2.24, 2.45) is 0 Å². The Bertz CT molecular complexity index is 881. The number of benzene rings is 2. The summed E-state index contributed by atoms with van der Waals surface area (Å²) >= 11 is 0. The van der Waals surface area contributed by atoms with E-state index in [0.29, 0.717) is 22.6 Å². The number of methoxy groups -OCH3 is 2. The van der Waals surface area contributed by atoms with E-state index in [1.54, 1.807) is 54.6 Å². The van der Waals surface area contributed by atoms with Crippen LogP contribution in [0.25, 0.3) is 6.08 Å². The molecule has 2 rings (SSSR count). The minimum atomic E-state index is -3.76. The summed E-state index contributed by atoms with van der Waals surface area (Å²) in [7, 11) is -0.782. The topological polar surface area (TPSA) is 76.4 Å². The molecule has 2 aromatic carbocycles. The second-order valence-electron chi connectivity index (χ2n) is 4.97. The Hall–Kier alpha value is -2.78. The van der Waals surface area contributed by atoms with E-state index < -0.39 is 9.84 Å². The number of hydrogen-bond acceptors (Lipinski definition) is 5. The quantitative estimate of drug-likeness (QED) is 0.753. The summed E-state index contributed by atoms with van der Waals surface area (Å²) in [5.41, 5.74) is 1.08. The number of allylic oxidation sites excluding steroid dienone is 1. The van der Waals surface area contributed by atoms with Crippen molar-refractivity contribution < 1.29 is 17.9 Å². The molecule has 24 heavy (non-hydrogen) atoms. The summed E-state index contributed by atoms with van der Waals surface area (Å²) in [4.78, 5) is -0.321. The Morgan fingerprint density at radius 2 is 1.83 bits per heavy atom. The van der Waals surface area contributed by atoms with Gasteiger partial charge in [-0.05, 0) is 29.8 Å². The van der Waals surface area contributed by atoms with Crippen LogP contribution >= 0.6 is 0 Å². The van der Waals surface area contributed by atoms with Crippen LogP contribution in [-0.4, -0.2) is 22.6 Å². The summed E-state index contributed by atoms with van der Waals surface area (Å²) in [6.07, 6.45) is 1.31. The molecule has 0 N–H and O–H groups in total. The molecule has 2 aromatic rings. The molecule has 0 radical (unpaired) electrons. The van der Waals surface area contributed by atoms with E-state index in [9.17, 15) is 13.7 Å². The molecule has 5 nitrogen and oxygen atoms in total. The van der Waals surface area contributed by atoms with Gasteiger partial charge in [-0.1, -0.05) is 30.3 Å². The normalized spacial score (nSPS) is 11.6. The minimum Gasteiger partial charge on any atom is -0.497 e. The predicted octanol–water partition coefficient (Wildman–Crippen LogP) is 3.18. The van der Waals surface area contributed by atoms with Gasteiger partial charge in [0, 0.05) is 5.56 Å². The Balaban J connectivity index is 2.44. The van der Waals surface area contributed by atoms with Gasteiger partial charge in [-0.15, -0.1) is 0 Å². The Kier molecular flexibility index (Phi) is 5.61. The first-order chi connectivity index (χ1) is 11.5. The minimum absolute atomic E-state index is 0.237. The van der Waals surface area contributed by atoms with Crippen molar-refractivity contribution in [2.75, 3.05) is 14.2 Å². The van der Waals surface area contributed by atoms with Crippen LogP contribution in [0, 0.1) is 11.3 Å². The van der Waals surface area contributed by atoms with Gasteiger partial charge in [0.2, 0.25) is 0 Å². The van der Waals surface area contributed by atoms with Crippen molar-refractivity contribution >= 4 is 15.9 Å².